The molecule has 2 atom stereocenters. The second kappa shape index (κ2) is 6.61. The second-order valence-corrected chi connectivity index (χ2v) is 7.18. The fourth-order valence-electron chi connectivity index (χ4n) is 3.53. The fourth-order valence-corrected chi connectivity index (χ4v) is 3.78. The van der Waals surface area contributed by atoms with Gasteiger partial charge in [0.15, 0.2) is 11.3 Å². The molecule has 4 rings (SSSR count). The van der Waals surface area contributed by atoms with Crippen LogP contribution in [0.2, 0.25) is 10.0 Å². The van der Waals surface area contributed by atoms with Gasteiger partial charge in [0.25, 0.3) is 5.91 Å². The van der Waals surface area contributed by atoms with Gasteiger partial charge < -0.3 is 4.74 Å². The van der Waals surface area contributed by atoms with E-state index in [9.17, 15) is 14.4 Å². The number of fused-ring (bicyclic) bond motifs is 1. The van der Waals surface area contributed by atoms with Crippen LogP contribution in [0.25, 0.3) is 0 Å². The molecular weight excluding hydrogens is 405 g/mol. The molecule has 28 heavy (non-hydrogen) atoms. The number of hydrazone groups is 1. The first-order valence-corrected chi connectivity index (χ1v) is 8.99. The zero-order valence-corrected chi connectivity index (χ0v) is 16.0. The summed E-state index contributed by atoms with van der Waals surface area (Å²) in [4.78, 5) is 40.0. The molecule has 142 valence electrons. The Labute approximate surface area is 169 Å². The molecule has 1 saturated heterocycles. The van der Waals surface area contributed by atoms with Crippen LogP contribution in [0.1, 0.15) is 5.56 Å². The van der Waals surface area contributed by atoms with E-state index in [1.54, 1.807) is 48.5 Å². The molecule has 0 saturated carbocycles. The zero-order valence-electron chi connectivity index (χ0n) is 14.5. The average Bonchev–Trinajstić information content (AvgIpc) is 3.19. The molecule has 2 amide bonds. The Balaban J connectivity index is 1.88. The molecule has 0 spiro atoms. The van der Waals surface area contributed by atoms with Gasteiger partial charge >= 0.3 is 5.97 Å². The lowest BCUT2D eigenvalue weighted by Crippen LogP contribution is -2.48. The van der Waals surface area contributed by atoms with E-state index >= 15 is 0 Å². The van der Waals surface area contributed by atoms with Crippen LogP contribution < -0.4 is 10.3 Å². The highest BCUT2D eigenvalue weighted by atomic mass is 35.5. The summed E-state index contributed by atoms with van der Waals surface area (Å²) in [6, 6.07) is 12.7. The van der Waals surface area contributed by atoms with Crippen molar-refractivity contribution in [2.24, 2.45) is 11.0 Å². The Kier molecular flexibility index (Phi) is 4.36. The van der Waals surface area contributed by atoms with E-state index in [1.807, 2.05) is 0 Å². The largest absolute Gasteiger partial charge is 0.464 e. The molecule has 0 bridgehead atoms. The van der Waals surface area contributed by atoms with Gasteiger partial charge in [0.2, 0.25) is 5.91 Å². The number of carbonyl (C=O) groups is 3. The lowest BCUT2D eigenvalue weighted by Gasteiger charge is -2.26. The molecule has 2 aliphatic heterocycles. The highest BCUT2D eigenvalue weighted by Gasteiger charge is 2.67. The molecule has 0 aliphatic carbocycles. The molecule has 0 unspecified atom stereocenters. The number of hydrogen-bond acceptors (Lipinski definition) is 6. The van der Waals surface area contributed by atoms with E-state index in [-0.39, 0.29) is 5.71 Å². The average molecular weight is 418 g/mol. The number of hydrogen-bond donors (Lipinski definition) is 1. The Morgan fingerprint density at radius 3 is 2.21 bits per heavy atom. The van der Waals surface area contributed by atoms with E-state index in [0.717, 1.165) is 4.90 Å². The molecule has 2 aliphatic rings. The van der Waals surface area contributed by atoms with Crippen molar-refractivity contribution < 1.29 is 19.1 Å². The molecule has 7 nitrogen and oxygen atoms in total. The van der Waals surface area contributed by atoms with Crippen molar-refractivity contribution in [3.05, 3.63) is 64.1 Å². The van der Waals surface area contributed by atoms with E-state index < -0.39 is 29.2 Å². The summed E-state index contributed by atoms with van der Waals surface area (Å²) in [6.07, 6.45) is 0. The van der Waals surface area contributed by atoms with Gasteiger partial charge in [-0.05, 0) is 42.0 Å². The Morgan fingerprint density at radius 1 is 1.07 bits per heavy atom. The number of esters is 1. The lowest BCUT2D eigenvalue weighted by atomic mass is 9.79. The molecule has 0 aromatic heterocycles. The summed E-state index contributed by atoms with van der Waals surface area (Å²) < 4.78 is 4.75. The summed E-state index contributed by atoms with van der Waals surface area (Å²) in [7, 11) is 1.19. The number of rotatable bonds is 3. The van der Waals surface area contributed by atoms with E-state index in [0.29, 0.717) is 21.3 Å². The van der Waals surface area contributed by atoms with E-state index in [2.05, 4.69) is 10.5 Å². The first kappa shape index (κ1) is 18.5. The SMILES string of the molecule is COC(=O)C1=NN[C@@]2(c3ccc(Cl)cc3)C(=O)N(c3ccc(Cl)cc3)C(=O)[C@H]12. The highest BCUT2D eigenvalue weighted by molar-refractivity contribution is 6.47. The van der Waals surface area contributed by atoms with Crippen molar-refractivity contribution in [2.45, 2.75) is 5.54 Å². The first-order valence-electron chi connectivity index (χ1n) is 8.23. The Morgan fingerprint density at radius 2 is 1.64 bits per heavy atom. The van der Waals surface area contributed by atoms with Crippen LogP contribution >= 0.6 is 23.2 Å². The van der Waals surface area contributed by atoms with Crippen molar-refractivity contribution in [1.82, 2.24) is 5.43 Å². The maximum absolute atomic E-state index is 13.5. The quantitative estimate of drug-likeness (QED) is 0.612. The van der Waals surface area contributed by atoms with Crippen LogP contribution in [0.5, 0.6) is 0 Å². The smallest absolute Gasteiger partial charge is 0.355 e. The van der Waals surface area contributed by atoms with E-state index in [1.165, 1.54) is 7.11 Å². The minimum atomic E-state index is -1.56. The molecule has 1 N–H and O–H groups in total. The molecule has 2 heterocycles. The standard InChI is InChI=1S/C19H13Cl2N3O4/c1-28-17(26)15-14-16(25)24(13-8-6-12(21)7-9-13)18(27)19(14,23-22-15)10-2-4-11(20)5-3-10/h2-9,14,23H,1H3/t14-,19+/m0/s1. The third-order valence-corrected chi connectivity index (χ3v) is 5.35. The van der Waals surface area contributed by atoms with Gasteiger partial charge in [-0.2, -0.15) is 5.10 Å². The number of anilines is 1. The molecule has 1 fully saturated rings. The van der Waals surface area contributed by atoms with Crippen molar-refractivity contribution in [3.63, 3.8) is 0 Å². The number of nitrogens with one attached hydrogen (secondary N) is 1. The third-order valence-electron chi connectivity index (χ3n) is 4.85. The monoisotopic (exact) mass is 417 g/mol. The molecular formula is C19H13Cl2N3O4. The van der Waals surface area contributed by atoms with Crippen LogP contribution in [0.3, 0.4) is 0 Å². The predicted molar refractivity (Wildman–Crippen MR) is 103 cm³/mol. The Hall–Kier alpha value is -2.90. The molecule has 9 heteroatoms. The van der Waals surface area contributed by atoms with Crippen molar-refractivity contribution in [1.29, 1.82) is 0 Å². The van der Waals surface area contributed by atoms with Crippen LogP contribution in [0, 0.1) is 5.92 Å². The van der Waals surface area contributed by atoms with Gasteiger partial charge in [0.05, 0.1) is 12.8 Å². The number of amides is 2. The summed E-state index contributed by atoms with van der Waals surface area (Å²) in [6.45, 7) is 0. The van der Waals surface area contributed by atoms with Crippen molar-refractivity contribution in [3.8, 4) is 0 Å². The maximum atomic E-state index is 13.5. The predicted octanol–water partition coefficient (Wildman–Crippen LogP) is 2.51. The Bertz CT molecular complexity index is 1020. The lowest BCUT2D eigenvalue weighted by molar-refractivity contribution is -0.133. The van der Waals surface area contributed by atoms with Crippen LogP contribution in [0.15, 0.2) is 53.6 Å². The van der Waals surface area contributed by atoms with Gasteiger partial charge in [0.1, 0.15) is 5.92 Å². The van der Waals surface area contributed by atoms with Crippen LogP contribution in [-0.2, 0) is 24.7 Å². The van der Waals surface area contributed by atoms with E-state index in [4.69, 9.17) is 27.9 Å². The number of halogens is 2. The highest BCUT2D eigenvalue weighted by Crippen LogP contribution is 2.45. The maximum Gasteiger partial charge on any atom is 0.355 e. The number of nitrogens with zero attached hydrogens (tertiary/aromatic N) is 2. The summed E-state index contributed by atoms with van der Waals surface area (Å²) in [5, 5.41) is 4.91. The summed E-state index contributed by atoms with van der Waals surface area (Å²) in [5.74, 6) is -3.11. The molecule has 2 aromatic rings. The number of methoxy groups -OCH3 is 1. The number of benzene rings is 2. The van der Waals surface area contributed by atoms with Crippen LogP contribution in [0.4, 0.5) is 5.69 Å². The van der Waals surface area contributed by atoms with Gasteiger partial charge in [-0.1, -0.05) is 35.3 Å². The van der Waals surface area contributed by atoms with Gasteiger partial charge in [0, 0.05) is 10.0 Å². The molecule has 2 aromatic carbocycles. The minimum Gasteiger partial charge on any atom is -0.464 e. The minimum absolute atomic E-state index is 0.160. The van der Waals surface area contributed by atoms with Crippen LogP contribution in [-0.4, -0.2) is 30.6 Å². The third kappa shape index (κ3) is 2.51. The second-order valence-electron chi connectivity index (χ2n) is 6.30. The summed E-state index contributed by atoms with van der Waals surface area (Å²) in [5.41, 5.74) is 1.80. The zero-order chi connectivity index (χ0) is 20.1. The topological polar surface area (TPSA) is 88.1 Å². The van der Waals surface area contributed by atoms with Gasteiger partial charge in [-0.25, -0.2) is 9.69 Å². The molecule has 0 radical (unpaired) electrons. The van der Waals surface area contributed by atoms with Crippen molar-refractivity contribution in [2.75, 3.05) is 12.0 Å². The number of ether oxygens (including phenoxy) is 1. The van der Waals surface area contributed by atoms with Gasteiger partial charge in [-0.15, -0.1) is 0 Å². The van der Waals surface area contributed by atoms with Gasteiger partial charge in [-0.3, -0.25) is 15.0 Å². The fraction of sp³-hybridized carbons (Fsp3) is 0.158. The van der Waals surface area contributed by atoms with Crippen molar-refractivity contribution >= 4 is 52.4 Å². The first-order chi connectivity index (χ1) is 13.4. The summed E-state index contributed by atoms with van der Waals surface area (Å²) >= 11 is 11.9. The normalized spacial score (nSPS) is 23.3. The number of imide groups is 1. The number of carbonyl (C=O) groups excluding carboxylic acids is 3.